The fraction of sp³-hybridized carbons (Fsp3) is 0.190. The molecule has 0 aliphatic rings. The van der Waals surface area contributed by atoms with Gasteiger partial charge in [-0.25, -0.2) is 4.98 Å². The summed E-state index contributed by atoms with van der Waals surface area (Å²) in [6.45, 7) is 1.87. The molecule has 5 nitrogen and oxygen atoms in total. The summed E-state index contributed by atoms with van der Waals surface area (Å²) in [4.78, 5) is 28.5. The second-order valence-electron chi connectivity index (χ2n) is 6.21. The monoisotopic (exact) mass is 379 g/mol. The molecule has 3 rings (SSSR count). The highest BCUT2D eigenvalue weighted by molar-refractivity contribution is 7.13. The number of hydrogen-bond acceptors (Lipinski definition) is 4. The maximum absolute atomic E-state index is 12.2. The Kier molecular flexibility index (Phi) is 6.33. The zero-order valence-corrected chi connectivity index (χ0v) is 15.9. The van der Waals surface area contributed by atoms with E-state index in [2.05, 4.69) is 27.8 Å². The van der Waals surface area contributed by atoms with Crippen molar-refractivity contribution in [2.45, 2.75) is 26.2 Å². The lowest BCUT2D eigenvalue weighted by Gasteiger charge is -2.10. The Bertz CT molecular complexity index is 908. The summed E-state index contributed by atoms with van der Waals surface area (Å²) < 4.78 is 0. The van der Waals surface area contributed by atoms with Crippen LogP contribution in [-0.4, -0.2) is 16.8 Å². The highest BCUT2D eigenvalue weighted by Crippen LogP contribution is 2.19. The first-order valence-corrected chi connectivity index (χ1v) is 9.65. The van der Waals surface area contributed by atoms with Gasteiger partial charge < -0.3 is 5.32 Å². The van der Waals surface area contributed by atoms with Crippen LogP contribution in [0.1, 0.15) is 34.3 Å². The van der Waals surface area contributed by atoms with Crippen LogP contribution in [0.5, 0.6) is 0 Å². The number of carbonyl (C=O) groups is 2. The van der Waals surface area contributed by atoms with Crippen molar-refractivity contribution in [3.63, 3.8) is 0 Å². The van der Waals surface area contributed by atoms with Crippen molar-refractivity contribution in [3.05, 3.63) is 76.8 Å². The van der Waals surface area contributed by atoms with Crippen molar-refractivity contribution >= 4 is 34.0 Å². The molecule has 0 bridgehead atoms. The van der Waals surface area contributed by atoms with Crippen LogP contribution < -0.4 is 10.6 Å². The van der Waals surface area contributed by atoms with Crippen molar-refractivity contribution in [3.8, 4) is 0 Å². The van der Waals surface area contributed by atoms with Crippen molar-refractivity contribution in [1.82, 2.24) is 4.98 Å². The van der Waals surface area contributed by atoms with E-state index in [0.717, 1.165) is 24.1 Å². The van der Waals surface area contributed by atoms with Gasteiger partial charge in [0.05, 0.1) is 0 Å². The normalized spacial score (nSPS) is 10.4. The molecule has 0 saturated heterocycles. The van der Waals surface area contributed by atoms with Gasteiger partial charge in [-0.3, -0.25) is 14.9 Å². The zero-order valence-electron chi connectivity index (χ0n) is 15.1. The molecule has 0 unspecified atom stereocenters. The third kappa shape index (κ3) is 5.49. The Labute approximate surface area is 162 Å². The summed E-state index contributed by atoms with van der Waals surface area (Å²) in [5.74, 6) is -0.234. The van der Waals surface area contributed by atoms with Crippen LogP contribution >= 0.6 is 11.3 Å². The Morgan fingerprint density at radius 2 is 1.89 bits per heavy atom. The number of aryl methyl sites for hydroxylation is 2. The fourth-order valence-corrected chi connectivity index (χ4v) is 3.23. The topological polar surface area (TPSA) is 71.1 Å². The zero-order chi connectivity index (χ0) is 19.1. The average Bonchev–Trinajstić information content (AvgIpc) is 3.17. The number of aromatic nitrogens is 1. The van der Waals surface area contributed by atoms with Gasteiger partial charge in [-0.2, -0.15) is 0 Å². The maximum atomic E-state index is 12.2. The number of amides is 2. The Balaban J connectivity index is 1.52. The molecular weight excluding hydrogens is 358 g/mol. The maximum Gasteiger partial charge on any atom is 0.257 e. The molecule has 2 N–H and O–H groups in total. The third-order valence-electron chi connectivity index (χ3n) is 4.13. The van der Waals surface area contributed by atoms with Crippen molar-refractivity contribution in [1.29, 1.82) is 0 Å². The van der Waals surface area contributed by atoms with Gasteiger partial charge in [0.15, 0.2) is 5.13 Å². The van der Waals surface area contributed by atoms with Crippen LogP contribution in [0.15, 0.2) is 60.1 Å². The minimum atomic E-state index is -0.214. The van der Waals surface area contributed by atoms with Gasteiger partial charge in [-0.05, 0) is 49.1 Å². The number of hydrogen-bond donors (Lipinski definition) is 2. The van der Waals surface area contributed by atoms with Gasteiger partial charge in [0, 0.05) is 29.2 Å². The summed E-state index contributed by atoms with van der Waals surface area (Å²) in [5.41, 5.74) is 3.34. The summed E-state index contributed by atoms with van der Waals surface area (Å²) in [5, 5.41) is 8.04. The van der Waals surface area contributed by atoms with Crippen molar-refractivity contribution in [2.24, 2.45) is 0 Å². The lowest BCUT2D eigenvalue weighted by atomic mass is 10.1. The predicted molar refractivity (Wildman–Crippen MR) is 109 cm³/mol. The molecule has 138 valence electrons. The summed E-state index contributed by atoms with van der Waals surface area (Å²) in [6, 6.07) is 15.4. The number of rotatable bonds is 7. The first-order chi connectivity index (χ1) is 13.1. The molecule has 2 amide bonds. The van der Waals surface area contributed by atoms with E-state index in [-0.39, 0.29) is 11.8 Å². The number of carbonyl (C=O) groups excluding carboxylic acids is 2. The van der Waals surface area contributed by atoms with Crippen LogP contribution in [0.25, 0.3) is 0 Å². The molecule has 0 atom stereocenters. The number of nitrogens with one attached hydrogen (secondary N) is 2. The molecule has 0 aliphatic carbocycles. The molecule has 2 aromatic carbocycles. The van der Waals surface area contributed by atoms with Gasteiger partial charge in [-0.15, -0.1) is 11.3 Å². The summed E-state index contributed by atoms with van der Waals surface area (Å²) >= 11 is 1.37. The lowest BCUT2D eigenvalue weighted by molar-refractivity contribution is -0.116. The molecule has 27 heavy (non-hydrogen) atoms. The Morgan fingerprint density at radius 1 is 1.07 bits per heavy atom. The molecule has 0 radical (unpaired) electrons. The smallest absolute Gasteiger partial charge is 0.257 e. The van der Waals surface area contributed by atoms with E-state index in [4.69, 9.17) is 0 Å². The Hall–Kier alpha value is -2.99. The molecule has 1 heterocycles. The summed E-state index contributed by atoms with van der Waals surface area (Å²) in [7, 11) is 0. The van der Waals surface area contributed by atoms with Crippen LogP contribution in [0, 0.1) is 6.92 Å². The van der Waals surface area contributed by atoms with Crippen LogP contribution in [0.4, 0.5) is 10.8 Å². The van der Waals surface area contributed by atoms with E-state index in [1.54, 1.807) is 29.8 Å². The van der Waals surface area contributed by atoms with Gasteiger partial charge in [-0.1, -0.05) is 30.3 Å². The standard InChI is InChI=1S/C21H21N3O2S/c1-15-14-17(20(26)24-21-22-12-13-27-21)10-11-18(15)23-19(25)9-5-8-16-6-3-2-4-7-16/h2-4,6-7,10-14H,5,8-9H2,1H3,(H,23,25)(H,22,24,26). The molecule has 0 saturated carbocycles. The SMILES string of the molecule is Cc1cc(C(=O)Nc2nccs2)ccc1NC(=O)CCCc1ccccc1. The van der Waals surface area contributed by atoms with Crippen molar-refractivity contribution < 1.29 is 9.59 Å². The number of benzene rings is 2. The van der Waals surface area contributed by atoms with E-state index >= 15 is 0 Å². The van der Waals surface area contributed by atoms with Gasteiger partial charge in [0.2, 0.25) is 5.91 Å². The third-order valence-corrected chi connectivity index (χ3v) is 4.82. The minimum Gasteiger partial charge on any atom is -0.326 e. The quantitative estimate of drug-likeness (QED) is 0.627. The van der Waals surface area contributed by atoms with Crippen molar-refractivity contribution in [2.75, 3.05) is 10.6 Å². The number of anilines is 2. The average molecular weight is 379 g/mol. The highest BCUT2D eigenvalue weighted by Gasteiger charge is 2.11. The Morgan fingerprint density at radius 3 is 2.59 bits per heavy atom. The van der Waals surface area contributed by atoms with E-state index in [9.17, 15) is 9.59 Å². The van der Waals surface area contributed by atoms with Crippen LogP contribution in [0.2, 0.25) is 0 Å². The second-order valence-corrected chi connectivity index (χ2v) is 7.10. The van der Waals surface area contributed by atoms with E-state index in [0.29, 0.717) is 17.1 Å². The molecule has 3 aromatic rings. The van der Waals surface area contributed by atoms with Crippen LogP contribution in [0.3, 0.4) is 0 Å². The molecule has 0 fully saturated rings. The minimum absolute atomic E-state index is 0.0194. The first-order valence-electron chi connectivity index (χ1n) is 8.77. The first kappa shape index (κ1) is 18.8. The van der Waals surface area contributed by atoms with Gasteiger partial charge in [0.1, 0.15) is 0 Å². The predicted octanol–water partition coefficient (Wildman–Crippen LogP) is 4.67. The largest absolute Gasteiger partial charge is 0.326 e. The molecule has 1 aromatic heterocycles. The van der Waals surface area contributed by atoms with Gasteiger partial charge >= 0.3 is 0 Å². The van der Waals surface area contributed by atoms with E-state index < -0.39 is 0 Å². The number of nitrogens with zero attached hydrogens (tertiary/aromatic N) is 1. The second kappa shape index (κ2) is 9.09. The molecule has 0 aliphatic heterocycles. The summed E-state index contributed by atoms with van der Waals surface area (Å²) in [6.07, 6.45) is 3.77. The van der Waals surface area contributed by atoms with Crippen LogP contribution in [-0.2, 0) is 11.2 Å². The highest BCUT2D eigenvalue weighted by atomic mass is 32.1. The van der Waals surface area contributed by atoms with Gasteiger partial charge in [0.25, 0.3) is 5.91 Å². The number of thiazole rings is 1. The molecular formula is C21H21N3O2S. The lowest BCUT2D eigenvalue weighted by Crippen LogP contribution is -2.14. The van der Waals surface area contributed by atoms with E-state index in [1.165, 1.54) is 16.9 Å². The molecule has 6 heteroatoms. The fourth-order valence-electron chi connectivity index (χ4n) is 2.71. The van der Waals surface area contributed by atoms with E-state index in [1.807, 2.05) is 25.1 Å². The molecule has 0 spiro atoms.